The molecule has 58 valence electrons. The number of rotatable bonds is 1. The van der Waals surface area contributed by atoms with Gasteiger partial charge in [-0.3, -0.25) is 9.59 Å². The maximum atomic E-state index is 9.31. The first-order valence-electron chi connectivity index (χ1n) is 2.00. The lowest BCUT2D eigenvalue weighted by atomic mass is 10.8. The summed E-state index contributed by atoms with van der Waals surface area (Å²) in [7, 11) is 0. The molecule has 0 radical (unpaired) electrons. The van der Waals surface area contributed by atoms with E-state index in [0.29, 0.717) is 0 Å². The SMILES string of the molecule is CC(=O)O.O=C(O)C(=O)Cl. The van der Waals surface area contributed by atoms with E-state index in [1.807, 2.05) is 0 Å². The predicted molar refractivity (Wildman–Crippen MR) is 31.8 cm³/mol. The van der Waals surface area contributed by atoms with Crippen molar-refractivity contribution in [2.75, 3.05) is 0 Å². The Morgan fingerprint density at radius 2 is 1.30 bits per heavy atom. The van der Waals surface area contributed by atoms with Crippen LogP contribution in [0.2, 0.25) is 0 Å². The molecule has 0 amide bonds. The van der Waals surface area contributed by atoms with E-state index >= 15 is 0 Å². The van der Waals surface area contributed by atoms with E-state index in [-0.39, 0.29) is 0 Å². The first-order valence-corrected chi connectivity index (χ1v) is 2.38. The van der Waals surface area contributed by atoms with Crippen LogP contribution >= 0.6 is 11.6 Å². The molecule has 0 aliphatic rings. The molecule has 0 rings (SSSR count). The Kier molecular flexibility index (Phi) is 7.03. The average molecular weight is 169 g/mol. The van der Waals surface area contributed by atoms with Crippen molar-refractivity contribution in [1.29, 1.82) is 0 Å². The van der Waals surface area contributed by atoms with Gasteiger partial charge in [-0.1, -0.05) is 0 Å². The number of aliphatic carboxylic acids is 2. The predicted octanol–water partition coefficient (Wildman–Crippen LogP) is -0.0727. The molecule has 0 fully saturated rings. The highest BCUT2D eigenvalue weighted by atomic mass is 35.5. The van der Waals surface area contributed by atoms with Gasteiger partial charge < -0.3 is 10.2 Å². The zero-order valence-electron chi connectivity index (χ0n) is 5.00. The molecule has 0 aromatic heterocycles. The Morgan fingerprint density at radius 1 is 1.20 bits per heavy atom. The van der Waals surface area contributed by atoms with Crippen molar-refractivity contribution >= 4 is 28.8 Å². The number of hydrogen-bond acceptors (Lipinski definition) is 3. The molecule has 0 spiro atoms. The summed E-state index contributed by atoms with van der Waals surface area (Å²) in [5.74, 6) is -2.45. The summed E-state index contributed by atoms with van der Waals surface area (Å²) in [6, 6.07) is 0. The maximum Gasteiger partial charge on any atom is 0.388 e. The van der Waals surface area contributed by atoms with Crippen LogP contribution in [-0.4, -0.2) is 27.4 Å². The first kappa shape index (κ1) is 11.7. The summed E-state index contributed by atoms with van der Waals surface area (Å²) >= 11 is 4.37. The fourth-order valence-electron chi connectivity index (χ4n) is 0. The van der Waals surface area contributed by atoms with Crippen LogP contribution in [0.4, 0.5) is 0 Å². The van der Waals surface area contributed by atoms with Crippen LogP contribution < -0.4 is 0 Å². The van der Waals surface area contributed by atoms with Gasteiger partial charge in [0.15, 0.2) is 0 Å². The number of halogens is 1. The topological polar surface area (TPSA) is 91.7 Å². The highest BCUT2D eigenvalue weighted by Gasteiger charge is 2.02. The highest BCUT2D eigenvalue weighted by molar-refractivity contribution is 6.79. The van der Waals surface area contributed by atoms with Gasteiger partial charge in [-0.25, -0.2) is 4.79 Å². The third-order valence-corrected chi connectivity index (χ3v) is 0.330. The Hall–Kier alpha value is -1.10. The second-order valence-electron chi connectivity index (χ2n) is 1.10. The zero-order chi connectivity index (χ0) is 8.73. The summed E-state index contributed by atoms with van der Waals surface area (Å²) in [5, 5.41) is 13.6. The number of carboxylic acid groups (broad SMARTS) is 2. The molecule has 0 bridgehead atoms. The van der Waals surface area contributed by atoms with Gasteiger partial charge in [0.1, 0.15) is 0 Å². The van der Waals surface area contributed by atoms with Gasteiger partial charge in [-0.2, -0.15) is 0 Å². The molecule has 0 aliphatic heterocycles. The fraction of sp³-hybridized carbons (Fsp3) is 0.250. The number of hydrogen-bond donors (Lipinski definition) is 2. The van der Waals surface area contributed by atoms with Gasteiger partial charge in [-0.15, -0.1) is 0 Å². The van der Waals surface area contributed by atoms with Crippen LogP contribution in [0.25, 0.3) is 0 Å². The van der Waals surface area contributed by atoms with Gasteiger partial charge in [0.05, 0.1) is 0 Å². The molecular formula is C4H5ClO5. The minimum absolute atomic E-state index is 0.833. The van der Waals surface area contributed by atoms with E-state index in [2.05, 4.69) is 11.6 Å². The molecule has 0 atom stereocenters. The van der Waals surface area contributed by atoms with E-state index < -0.39 is 17.2 Å². The van der Waals surface area contributed by atoms with E-state index in [4.69, 9.17) is 15.0 Å². The molecule has 6 heteroatoms. The Morgan fingerprint density at radius 3 is 1.30 bits per heavy atom. The second-order valence-corrected chi connectivity index (χ2v) is 1.44. The van der Waals surface area contributed by atoms with Gasteiger partial charge in [0, 0.05) is 6.92 Å². The lowest BCUT2D eigenvalue weighted by Crippen LogP contribution is -2.02. The Labute approximate surface area is 61.2 Å². The Bertz CT molecular complexity index is 136. The minimum Gasteiger partial charge on any atom is -0.481 e. The number of carbonyl (C=O) groups is 3. The third-order valence-electron chi connectivity index (χ3n) is 0.168. The molecule has 0 aliphatic carbocycles. The summed E-state index contributed by atoms with van der Waals surface area (Å²) in [6.45, 7) is 1.08. The van der Waals surface area contributed by atoms with Crippen molar-refractivity contribution in [3.63, 3.8) is 0 Å². The number of carboxylic acids is 2. The molecule has 0 aromatic carbocycles. The highest BCUT2D eigenvalue weighted by Crippen LogP contribution is 1.74. The summed E-state index contributed by atoms with van der Waals surface area (Å²) < 4.78 is 0. The van der Waals surface area contributed by atoms with Crippen molar-refractivity contribution in [3.05, 3.63) is 0 Å². The number of carbonyl (C=O) groups excluding carboxylic acids is 1. The molecule has 0 saturated heterocycles. The van der Waals surface area contributed by atoms with Gasteiger partial charge >= 0.3 is 11.2 Å². The average Bonchev–Trinajstić information content (AvgIpc) is 1.63. The third kappa shape index (κ3) is 28.6. The summed E-state index contributed by atoms with van der Waals surface area (Å²) in [4.78, 5) is 27.5. The second kappa shape index (κ2) is 6.03. The molecule has 0 unspecified atom stereocenters. The van der Waals surface area contributed by atoms with E-state index in [1.165, 1.54) is 0 Å². The quantitative estimate of drug-likeness (QED) is 0.422. The molecule has 0 aromatic rings. The van der Waals surface area contributed by atoms with Crippen molar-refractivity contribution in [3.8, 4) is 0 Å². The van der Waals surface area contributed by atoms with Crippen molar-refractivity contribution in [1.82, 2.24) is 0 Å². The first-order chi connectivity index (χ1) is 4.37. The van der Waals surface area contributed by atoms with Crippen molar-refractivity contribution < 1.29 is 24.6 Å². The van der Waals surface area contributed by atoms with Crippen LogP contribution in [0, 0.1) is 0 Å². The molecule has 0 heterocycles. The summed E-state index contributed by atoms with van der Waals surface area (Å²) in [5.41, 5.74) is 0. The van der Waals surface area contributed by atoms with Crippen LogP contribution in [0.15, 0.2) is 0 Å². The van der Waals surface area contributed by atoms with Crippen LogP contribution in [0.1, 0.15) is 6.92 Å². The largest absolute Gasteiger partial charge is 0.481 e. The monoisotopic (exact) mass is 168 g/mol. The van der Waals surface area contributed by atoms with Gasteiger partial charge in [0.2, 0.25) is 0 Å². The molecule has 2 N–H and O–H groups in total. The molecule has 0 saturated carbocycles. The van der Waals surface area contributed by atoms with Gasteiger partial charge in [-0.05, 0) is 11.6 Å². The van der Waals surface area contributed by atoms with Crippen LogP contribution in [0.3, 0.4) is 0 Å². The lowest BCUT2D eigenvalue weighted by Gasteiger charge is -1.70. The maximum absolute atomic E-state index is 9.31. The molecule has 10 heavy (non-hydrogen) atoms. The van der Waals surface area contributed by atoms with E-state index in [1.54, 1.807) is 0 Å². The smallest absolute Gasteiger partial charge is 0.388 e. The van der Waals surface area contributed by atoms with Crippen LogP contribution in [-0.2, 0) is 14.4 Å². The molecule has 5 nitrogen and oxygen atoms in total. The fourth-order valence-corrected chi connectivity index (χ4v) is 0. The van der Waals surface area contributed by atoms with E-state index in [9.17, 15) is 9.59 Å². The molecular weight excluding hydrogens is 163 g/mol. The summed E-state index contributed by atoms with van der Waals surface area (Å²) in [6.07, 6.45) is 0. The van der Waals surface area contributed by atoms with Gasteiger partial charge in [0.25, 0.3) is 5.97 Å². The standard InChI is InChI=1S/C2HClO3.C2H4O2/c3-1(4)2(5)6;1-2(3)4/h(H,5,6);1H3,(H,3,4). The normalized spacial score (nSPS) is 7.00. The lowest BCUT2D eigenvalue weighted by molar-refractivity contribution is -0.145. The van der Waals surface area contributed by atoms with E-state index in [0.717, 1.165) is 6.92 Å². The van der Waals surface area contributed by atoms with Crippen molar-refractivity contribution in [2.45, 2.75) is 6.92 Å². The zero-order valence-corrected chi connectivity index (χ0v) is 5.75. The van der Waals surface area contributed by atoms with Crippen molar-refractivity contribution in [2.24, 2.45) is 0 Å². The van der Waals surface area contributed by atoms with Crippen LogP contribution in [0.5, 0.6) is 0 Å². The Balaban J connectivity index is 0. The minimum atomic E-state index is -1.61.